The van der Waals surface area contributed by atoms with Crippen LogP contribution >= 0.6 is 0 Å². The Bertz CT molecular complexity index is 490. The number of terminal acetylenes is 1. The Morgan fingerprint density at radius 1 is 1.19 bits per heavy atom. The molecular weight excluding hydrogens is 258 g/mol. The van der Waals surface area contributed by atoms with Crippen molar-refractivity contribution in [2.24, 2.45) is 0 Å². The lowest BCUT2D eigenvalue weighted by Crippen LogP contribution is -2.52. The summed E-state index contributed by atoms with van der Waals surface area (Å²) in [5, 5.41) is 11.0. The molecule has 0 radical (unpaired) electrons. The molecule has 3 rings (SSSR count). The fourth-order valence-electron chi connectivity index (χ4n) is 4.26. The van der Waals surface area contributed by atoms with Crippen LogP contribution in [0.4, 0.5) is 0 Å². The molecule has 1 aromatic carbocycles. The van der Waals surface area contributed by atoms with Crippen LogP contribution in [0.15, 0.2) is 30.3 Å². The van der Waals surface area contributed by atoms with E-state index < -0.39 is 5.60 Å². The molecule has 112 valence electrons. The first-order valence-corrected chi connectivity index (χ1v) is 8.16. The quantitative estimate of drug-likeness (QED) is 0.663. The molecule has 0 aromatic heterocycles. The van der Waals surface area contributed by atoms with Crippen LogP contribution in [0.5, 0.6) is 0 Å². The van der Waals surface area contributed by atoms with Gasteiger partial charge >= 0.3 is 0 Å². The van der Waals surface area contributed by atoms with Gasteiger partial charge in [0.2, 0.25) is 0 Å². The minimum Gasteiger partial charge on any atom is -0.389 e. The van der Waals surface area contributed by atoms with Gasteiger partial charge in [-0.1, -0.05) is 30.3 Å². The van der Waals surface area contributed by atoms with Gasteiger partial charge in [0, 0.05) is 24.9 Å². The number of unbranched alkanes of at least 4 members (excludes halogenated alkanes) is 1. The third-order valence-corrected chi connectivity index (χ3v) is 5.12. The molecule has 2 unspecified atom stereocenters. The molecule has 2 heterocycles. The molecule has 2 saturated heterocycles. The highest BCUT2D eigenvalue weighted by Crippen LogP contribution is 2.42. The van der Waals surface area contributed by atoms with E-state index in [1.807, 2.05) is 6.07 Å². The first kappa shape index (κ1) is 14.6. The Morgan fingerprint density at radius 3 is 2.48 bits per heavy atom. The second-order valence-electron chi connectivity index (χ2n) is 6.73. The summed E-state index contributed by atoms with van der Waals surface area (Å²) in [5.74, 6) is 2.73. The summed E-state index contributed by atoms with van der Waals surface area (Å²) < 4.78 is 0. The van der Waals surface area contributed by atoms with Crippen LogP contribution in [0.1, 0.15) is 44.1 Å². The maximum atomic E-state index is 11.0. The molecule has 21 heavy (non-hydrogen) atoms. The Morgan fingerprint density at radius 2 is 1.86 bits per heavy atom. The van der Waals surface area contributed by atoms with Crippen molar-refractivity contribution >= 4 is 0 Å². The number of hydrogen-bond acceptors (Lipinski definition) is 2. The lowest BCUT2D eigenvalue weighted by atomic mass is 9.81. The summed E-state index contributed by atoms with van der Waals surface area (Å²) in [6.07, 6.45) is 12.4. The minimum atomic E-state index is -0.518. The van der Waals surface area contributed by atoms with Crippen LogP contribution in [0.2, 0.25) is 0 Å². The number of benzene rings is 1. The molecule has 0 aliphatic carbocycles. The Kier molecular flexibility index (Phi) is 4.33. The predicted octanol–water partition coefficient (Wildman–Crippen LogP) is 3.00. The van der Waals surface area contributed by atoms with Crippen molar-refractivity contribution in [3.05, 3.63) is 35.9 Å². The van der Waals surface area contributed by atoms with Crippen molar-refractivity contribution < 1.29 is 5.11 Å². The van der Waals surface area contributed by atoms with Crippen LogP contribution < -0.4 is 0 Å². The number of hydrogen-bond donors (Lipinski definition) is 1. The Hall–Kier alpha value is -1.30. The summed E-state index contributed by atoms with van der Waals surface area (Å²) in [5.41, 5.74) is 0.732. The lowest BCUT2D eigenvalue weighted by Gasteiger charge is -2.44. The number of rotatable bonds is 5. The third kappa shape index (κ3) is 3.31. The molecule has 0 spiro atoms. The van der Waals surface area contributed by atoms with E-state index in [0.29, 0.717) is 12.1 Å². The zero-order chi connectivity index (χ0) is 14.7. The molecule has 1 N–H and O–H groups in total. The molecule has 2 aliphatic rings. The highest BCUT2D eigenvalue weighted by Gasteiger charge is 2.46. The zero-order valence-electron chi connectivity index (χ0n) is 12.7. The standard InChI is InChI=1S/C19H25NO/c1-2-3-7-12-20-17-10-11-18(20)15-19(21,14-17)13-16-8-5-4-6-9-16/h1,4-6,8-9,17-18,21H,3,7,10-15H2. The number of piperidine rings is 1. The van der Waals surface area contributed by atoms with Gasteiger partial charge in [-0.2, -0.15) is 0 Å². The van der Waals surface area contributed by atoms with Crippen molar-refractivity contribution in [1.82, 2.24) is 4.90 Å². The molecule has 2 aliphatic heterocycles. The van der Waals surface area contributed by atoms with Gasteiger partial charge in [-0.3, -0.25) is 4.90 Å². The number of fused-ring (bicyclic) bond motifs is 2. The average molecular weight is 283 g/mol. The van der Waals surface area contributed by atoms with Crippen LogP contribution in [0.3, 0.4) is 0 Å². The van der Waals surface area contributed by atoms with Crippen molar-refractivity contribution in [2.45, 2.75) is 62.6 Å². The normalized spacial score (nSPS) is 32.0. The molecule has 0 amide bonds. The molecule has 2 heteroatoms. The molecule has 0 saturated carbocycles. The Balaban J connectivity index is 1.63. The molecule has 2 atom stereocenters. The van der Waals surface area contributed by atoms with Crippen LogP contribution in [0, 0.1) is 12.3 Å². The fraction of sp³-hybridized carbons (Fsp3) is 0.579. The lowest BCUT2D eigenvalue weighted by molar-refractivity contribution is -0.0514. The van der Waals surface area contributed by atoms with Gasteiger partial charge < -0.3 is 5.11 Å². The molecule has 1 aromatic rings. The van der Waals surface area contributed by atoms with Crippen molar-refractivity contribution in [3.63, 3.8) is 0 Å². The average Bonchev–Trinajstić information content (AvgIpc) is 2.73. The van der Waals surface area contributed by atoms with E-state index in [-0.39, 0.29) is 0 Å². The Labute approximate surface area is 128 Å². The summed E-state index contributed by atoms with van der Waals surface area (Å²) >= 11 is 0. The van der Waals surface area contributed by atoms with E-state index in [2.05, 4.69) is 35.1 Å². The zero-order valence-corrected chi connectivity index (χ0v) is 12.7. The summed E-state index contributed by atoms with van der Waals surface area (Å²) in [4.78, 5) is 2.61. The molecule has 2 bridgehead atoms. The van der Waals surface area contributed by atoms with Crippen molar-refractivity contribution in [1.29, 1.82) is 0 Å². The minimum absolute atomic E-state index is 0.518. The maximum absolute atomic E-state index is 11.0. The highest BCUT2D eigenvalue weighted by molar-refractivity contribution is 5.18. The van der Waals surface area contributed by atoms with Gasteiger partial charge in [-0.15, -0.1) is 12.3 Å². The van der Waals surface area contributed by atoms with E-state index >= 15 is 0 Å². The van der Waals surface area contributed by atoms with E-state index in [0.717, 1.165) is 38.6 Å². The van der Waals surface area contributed by atoms with Crippen LogP contribution in [0.25, 0.3) is 0 Å². The van der Waals surface area contributed by atoms with Gasteiger partial charge in [-0.25, -0.2) is 0 Å². The molecule has 2 nitrogen and oxygen atoms in total. The molecule has 2 fully saturated rings. The summed E-state index contributed by atoms with van der Waals surface area (Å²) in [6.45, 7) is 1.10. The highest BCUT2D eigenvalue weighted by atomic mass is 16.3. The molecular formula is C19H25NO. The van der Waals surface area contributed by atoms with Crippen LogP contribution in [-0.4, -0.2) is 34.2 Å². The largest absolute Gasteiger partial charge is 0.389 e. The van der Waals surface area contributed by atoms with Gasteiger partial charge in [0.15, 0.2) is 0 Å². The van der Waals surface area contributed by atoms with E-state index in [4.69, 9.17) is 6.42 Å². The van der Waals surface area contributed by atoms with Gasteiger partial charge in [-0.05, 0) is 44.2 Å². The van der Waals surface area contributed by atoms with Gasteiger partial charge in [0.1, 0.15) is 0 Å². The second kappa shape index (κ2) is 6.22. The van der Waals surface area contributed by atoms with Crippen molar-refractivity contribution in [3.8, 4) is 12.3 Å². The fourth-order valence-corrected chi connectivity index (χ4v) is 4.26. The van der Waals surface area contributed by atoms with Gasteiger partial charge in [0.05, 0.1) is 5.60 Å². The van der Waals surface area contributed by atoms with E-state index in [1.54, 1.807) is 0 Å². The smallest absolute Gasteiger partial charge is 0.0717 e. The number of aliphatic hydroxyl groups is 1. The van der Waals surface area contributed by atoms with Crippen LogP contribution in [-0.2, 0) is 6.42 Å². The maximum Gasteiger partial charge on any atom is 0.0717 e. The predicted molar refractivity (Wildman–Crippen MR) is 85.9 cm³/mol. The first-order valence-electron chi connectivity index (χ1n) is 8.16. The van der Waals surface area contributed by atoms with Crippen molar-refractivity contribution in [2.75, 3.05) is 6.54 Å². The van der Waals surface area contributed by atoms with E-state index in [1.165, 1.54) is 18.4 Å². The SMILES string of the molecule is C#CCCCN1C2CCC1CC(O)(Cc1ccccc1)C2. The van der Waals surface area contributed by atoms with Gasteiger partial charge in [0.25, 0.3) is 0 Å². The first-order chi connectivity index (χ1) is 10.2. The third-order valence-electron chi connectivity index (χ3n) is 5.12. The topological polar surface area (TPSA) is 23.5 Å². The number of nitrogens with zero attached hydrogens (tertiary/aromatic N) is 1. The summed E-state index contributed by atoms with van der Waals surface area (Å²) in [7, 11) is 0. The van der Waals surface area contributed by atoms with E-state index in [9.17, 15) is 5.11 Å². The monoisotopic (exact) mass is 283 g/mol. The second-order valence-corrected chi connectivity index (χ2v) is 6.73. The summed E-state index contributed by atoms with van der Waals surface area (Å²) in [6, 6.07) is 11.5.